The van der Waals surface area contributed by atoms with Gasteiger partial charge in [0.1, 0.15) is 5.54 Å². The van der Waals surface area contributed by atoms with Gasteiger partial charge in [-0.05, 0) is 45.6 Å². The third-order valence-electron chi connectivity index (χ3n) is 4.67. The topological polar surface area (TPSA) is 55.6 Å². The Morgan fingerprint density at radius 1 is 1.26 bits per heavy atom. The maximum Gasteiger partial charge on any atom is 0.327 e. The summed E-state index contributed by atoms with van der Waals surface area (Å²) in [6.45, 7) is 2.90. The number of hydrogen-bond donors (Lipinski definition) is 1. The van der Waals surface area contributed by atoms with E-state index in [0.29, 0.717) is 25.1 Å². The molecular weight excluding hydrogens is 240 g/mol. The van der Waals surface area contributed by atoms with Crippen LogP contribution in [0.25, 0.3) is 0 Å². The Balaban J connectivity index is 1.97. The number of hydrogen-bond acceptors (Lipinski definition) is 4. The van der Waals surface area contributed by atoms with E-state index in [0.717, 1.165) is 12.8 Å². The van der Waals surface area contributed by atoms with Gasteiger partial charge in [0, 0.05) is 12.6 Å². The summed E-state index contributed by atoms with van der Waals surface area (Å²) in [7, 11) is 2.11. The largest absolute Gasteiger partial charge is 0.465 e. The van der Waals surface area contributed by atoms with Gasteiger partial charge < -0.3 is 15.4 Å². The van der Waals surface area contributed by atoms with Crippen molar-refractivity contribution in [3.63, 3.8) is 0 Å². The predicted octanol–water partition coefficient (Wildman–Crippen LogP) is 1.92. The second kappa shape index (κ2) is 6.23. The van der Waals surface area contributed by atoms with Crippen molar-refractivity contribution in [2.24, 2.45) is 11.7 Å². The Morgan fingerprint density at radius 3 is 2.42 bits per heavy atom. The molecule has 0 spiro atoms. The second-order valence-electron chi connectivity index (χ2n) is 6.24. The van der Waals surface area contributed by atoms with Crippen molar-refractivity contribution in [2.45, 2.75) is 63.5 Å². The van der Waals surface area contributed by atoms with E-state index in [2.05, 4.69) is 11.9 Å². The van der Waals surface area contributed by atoms with Crippen molar-refractivity contribution in [1.29, 1.82) is 0 Å². The first kappa shape index (κ1) is 14.8. The maximum atomic E-state index is 12.2. The minimum atomic E-state index is -0.789. The Morgan fingerprint density at radius 2 is 1.89 bits per heavy atom. The number of carbonyl (C=O) groups is 1. The SMILES string of the molecule is CCOC(=O)C(N)(CN(C)C1CCCCC1)C1CC1. The molecule has 1 unspecified atom stereocenters. The zero-order chi connectivity index (χ0) is 13.9. The molecule has 19 heavy (non-hydrogen) atoms. The first-order chi connectivity index (χ1) is 9.08. The summed E-state index contributed by atoms with van der Waals surface area (Å²) < 4.78 is 5.21. The van der Waals surface area contributed by atoms with Crippen LogP contribution >= 0.6 is 0 Å². The normalized spacial score (nSPS) is 24.2. The molecule has 4 heteroatoms. The number of esters is 1. The van der Waals surface area contributed by atoms with Crippen molar-refractivity contribution in [2.75, 3.05) is 20.2 Å². The van der Waals surface area contributed by atoms with Gasteiger partial charge in [-0.15, -0.1) is 0 Å². The second-order valence-corrected chi connectivity index (χ2v) is 6.24. The monoisotopic (exact) mass is 268 g/mol. The highest BCUT2D eigenvalue weighted by Crippen LogP contribution is 2.40. The highest BCUT2D eigenvalue weighted by Gasteiger charge is 2.50. The van der Waals surface area contributed by atoms with Crippen LogP contribution in [0.3, 0.4) is 0 Å². The van der Waals surface area contributed by atoms with Crippen molar-refractivity contribution < 1.29 is 9.53 Å². The molecule has 2 fully saturated rings. The molecular formula is C15H28N2O2. The van der Waals surface area contributed by atoms with Gasteiger partial charge in [-0.25, -0.2) is 4.79 Å². The van der Waals surface area contributed by atoms with E-state index >= 15 is 0 Å². The van der Waals surface area contributed by atoms with Gasteiger partial charge in [0.15, 0.2) is 0 Å². The first-order valence-electron chi connectivity index (χ1n) is 7.74. The number of likely N-dealkylation sites (N-methyl/N-ethyl adjacent to an activating group) is 1. The zero-order valence-electron chi connectivity index (χ0n) is 12.4. The summed E-state index contributed by atoms with van der Waals surface area (Å²) in [4.78, 5) is 14.5. The van der Waals surface area contributed by atoms with E-state index < -0.39 is 5.54 Å². The zero-order valence-corrected chi connectivity index (χ0v) is 12.4. The van der Waals surface area contributed by atoms with Crippen LogP contribution in [0, 0.1) is 5.92 Å². The quantitative estimate of drug-likeness (QED) is 0.748. The van der Waals surface area contributed by atoms with Crippen molar-refractivity contribution in [1.82, 2.24) is 4.90 Å². The number of ether oxygens (including phenoxy) is 1. The lowest BCUT2D eigenvalue weighted by molar-refractivity contribution is -0.151. The molecule has 0 saturated heterocycles. The highest BCUT2D eigenvalue weighted by atomic mass is 16.5. The van der Waals surface area contributed by atoms with E-state index in [1.54, 1.807) is 0 Å². The molecule has 0 aliphatic heterocycles. The summed E-state index contributed by atoms with van der Waals surface area (Å²) in [5.41, 5.74) is 5.63. The summed E-state index contributed by atoms with van der Waals surface area (Å²) in [5.74, 6) is 0.109. The van der Waals surface area contributed by atoms with Gasteiger partial charge in [0.2, 0.25) is 0 Å². The van der Waals surface area contributed by atoms with Gasteiger partial charge in [-0.1, -0.05) is 19.3 Å². The molecule has 2 rings (SSSR count). The van der Waals surface area contributed by atoms with Crippen LogP contribution in [-0.2, 0) is 9.53 Å². The highest BCUT2D eigenvalue weighted by molar-refractivity contribution is 5.82. The summed E-state index contributed by atoms with van der Waals surface area (Å²) in [5, 5.41) is 0. The molecule has 0 aromatic heterocycles. The van der Waals surface area contributed by atoms with E-state index in [1.165, 1.54) is 32.1 Å². The van der Waals surface area contributed by atoms with Crippen molar-refractivity contribution >= 4 is 5.97 Å². The predicted molar refractivity (Wildman–Crippen MR) is 75.8 cm³/mol. The number of nitrogens with two attached hydrogens (primary N) is 1. The molecule has 0 radical (unpaired) electrons. The van der Waals surface area contributed by atoms with Crippen LogP contribution in [-0.4, -0.2) is 42.6 Å². The molecule has 2 N–H and O–H groups in total. The molecule has 110 valence electrons. The minimum Gasteiger partial charge on any atom is -0.465 e. The smallest absolute Gasteiger partial charge is 0.327 e. The van der Waals surface area contributed by atoms with Crippen LogP contribution < -0.4 is 5.73 Å². The lowest BCUT2D eigenvalue weighted by Gasteiger charge is -2.37. The Labute approximate surface area is 116 Å². The van der Waals surface area contributed by atoms with Crippen molar-refractivity contribution in [3.05, 3.63) is 0 Å². The average Bonchev–Trinajstić information content (AvgIpc) is 3.24. The summed E-state index contributed by atoms with van der Waals surface area (Å²) in [6, 6.07) is 0.588. The lowest BCUT2D eigenvalue weighted by atomic mass is 9.90. The molecule has 0 bridgehead atoms. The molecule has 0 amide bonds. The molecule has 2 saturated carbocycles. The molecule has 4 nitrogen and oxygen atoms in total. The lowest BCUT2D eigenvalue weighted by Crippen LogP contribution is -2.59. The Bertz CT molecular complexity index is 311. The van der Waals surface area contributed by atoms with Gasteiger partial charge in [-0.3, -0.25) is 0 Å². The first-order valence-corrected chi connectivity index (χ1v) is 7.74. The number of nitrogens with zero attached hydrogens (tertiary/aromatic N) is 1. The fourth-order valence-electron chi connectivity index (χ4n) is 3.29. The van der Waals surface area contributed by atoms with E-state index in [-0.39, 0.29) is 5.97 Å². The van der Waals surface area contributed by atoms with Gasteiger partial charge in [0.25, 0.3) is 0 Å². The summed E-state index contributed by atoms with van der Waals surface area (Å²) in [6.07, 6.45) is 8.55. The third kappa shape index (κ3) is 3.48. The standard InChI is InChI=1S/C15H28N2O2/c1-3-19-14(18)15(16,12-9-10-12)11-17(2)13-7-5-4-6-8-13/h12-13H,3-11,16H2,1-2H3. The molecule has 1 atom stereocenters. The molecule has 0 aromatic carbocycles. The van der Waals surface area contributed by atoms with E-state index in [4.69, 9.17) is 10.5 Å². The minimum absolute atomic E-state index is 0.208. The average molecular weight is 268 g/mol. The molecule has 2 aliphatic carbocycles. The van der Waals surface area contributed by atoms with Gasteiger partial charge >= 0.3 is 5.97 Å². The van der Waals surface area contributed by atoms with Crippen LogP contribution in [0.4, 0.5) is 0 Å². The van der Waals surface area contributed by atoms with Crippen LogP contribution in [0.15, 0.2) is 0 Å². The van der Waals surface area contributed by atoms with Crippen LogP contribution in [0.5, 0.6) is 0 Å². The van der Waals surface area contributed by atoms with Crippen molar-refractivity contribution in [3.8, 4) is 0 Å². The fraction of sp³-hybridized carbons (Fsp3) is 0.933. The Hall–Kier alpha value is -0.610. The maximum absolute atomic E-state index is 12.2. The number of rotatable bonds is 6. The molecule has 0 aromatic rings. The van der Waals surface area contributed by atoms with Gasteiger partial charge in [-0.2, -0.15) is 0 Å². The molecule has 2 aliphatic rings. The van der Waals surface area contributed by atoms with Gasteiger partial charge in [0.05, 0.1) is 6.61 Å². The molecule has 0 heterocycles. The van der Waals surface area contributed by atoms with E-state index in [1.807, 2.05) is 6.92 Å². The number of carbonyl (C=O) groups excluding carboxylic acids is 1. The van der Waals surface area contributed by atoms with Crippen LogP contribution in [0.2, 0.25) is 0 Å². The van der Waals surface area contributed by atoms with Crippen LogP contribution in [0.1, 0.15) is 51.9 Å². The summed E-state index contributed by atoms with van der Waals surface area (Å²) >= 11 is 0. The third-order valence-corrected chi connectivity index (χ3v) is 4.67. The van der Waals surface area contributed by atoms with E-state index in [9.17, 15) is 4.79 Å². The fourth-order valence-corrected chi connectivity index (χ4v) is 3.29. The Kier molecular flexibility index (Phi) is 4.85.